The topological polar surface area (TPSA) is 101 Å². The van der Waals surface area contributed by atoms with Crippen molar-refractivity contribution in [2.24, 2.45) is 5.10 Å². The number of para-hydroxylation sites is 1. The summed E-state index contributed by atoms with van der Waals surface area (Å²) >= 11 is 0. The maximum Gasteiger partial charge on any atom is 0.313 e. The molecule has 0 saturated heterocycles. The monoisotopic (exact) mass is 258 g/mol. The van der Waals surface area contributed by atoms with E-state index in [9.17, 15) is 15.2 Å². The summed E-state index contributed by atoms with van der Waals surface area (Å²) in [6, 6.07) is 9.40. The molecule has 96 valence electrons. The normalized spacial score (nSPS) is 10.5. The summed E-state index contributed by atoms with van der Waals surface area (Å²) in [5.74, 6) is 0.114. The number of aromatic hydroxyl groups is 1. The molecule has 0 aliphatic carbocycles. The standard InChI is InChI=1S/C12H10N4O3/c17-11-6-2-1-4-9(11)8-14-15-12-10(16(18)19)5-3-7-13-12/h1-8,17H,(H,13,15)/b14-8+. The number of pyridine rings is 1. The first kappa shape index (κ1) is 12.5. The predicted molar refractivity (Wildman–Crippen MR) is 70.2 cm³/mol. The highest BCUT2D eigenvalue weighted by Crippen LogP contribution is 2.20. The van der Waals surface area contributed by atoms with Gasteiger partial charge in [-0.1, -0.05) is 12.1 Å². The number of aromatic nitrogens is 1. The van der Waals surface area contributed by atoms with E-state index in [4.69, 9.17) is 0 Å². The smallest absolute Gasteiger partial charge is 0.313 e. The number of phenolic OH excluding ortho intramolecular Hbond substituents is 1. The molecule has 0 spiro atoms. The summed E-state index contributed by atoms with van der Waals surface area (Å²) in [7, 11) is 0. The van der Waals surface area contributed by atoms with Crippen molar-refractivity contribution in [1.29, 1.82) is 0 Å². The molecule has 1 aromatic carbocycles. The van der Waals surface area contributed by atoms with E-state index in [2.05, 4.69) is 15.5 Å². The zero-order chi connectivity index (χ0) is 13.7. The molecule has 0 radical (unpaired) electrons. The van der Waals surface area contributed by atoms with Gasteiger partial charge in [-0.05, 0) is 18.2 Å². The van der Waals surface area contributed by atoms with Crippen LogP contribution < -0.4 is 5.43 Å². The molecule has 0 fully saturated rings. The second-order valence-corrected chi connectivity index (χ2v) is 3.56. The summed E-state index contributed by atoms with van der Waals surface area (Å²) in [6.45, 7) is 0. The van der Waals surface area contributed by atoms with Crippen LogP contribution in [0.4, 0.5) is 11.5 Å². The molecule has 0 aliphatic rings. The van der Waals surface area contributed by atoms with E-state index in [1.54, 1.807) is 18.2 Å². The Morgan fingerprint density at radius 3 is 2.84 bits per heavy atom. The van der Waals surface area contributed by atoms with Crippen LogP contribution in [-0.2, 0) is 0 Å². The first-order valence-corrected chi connectivity index (χ1v) is 5.35. The lowest BCUT2D eigenvalue weighted by Crippen LogP contribution is -1.99. The van der Waals surface area contributed by atoms with Crippen molar-refractivity contribution in [1.82, 2.24) is 4.98 Å². The quantitative estimate of drug-likeness (QED) is 0.497. The van der Waals surface area contributed by atoms with Crippen molar-refractivity contribution >= 4 is 17.7 Å². The first-order chi connectivity index (χ1) is 9.18. The summed E-state index contributed by atoms with van der Waals surface area (Å²) in [5, 5.41) is 24.1. The van der Waals surface area contributed by atoms with E-state index in [0.29, 0.717) is 5.56 Å². The third kappa shape index (κ3) is 3.03. The number of hydrogen-bond acceptors (Lipinski definition) is 6. The molecule has 1 heterocycles. The van der Waals surface area contributed by atoms with E-state index >= 15 is 0 Å². The molecular weight excluding hydrogens is 248 g/mol. The fourth-order valence-electron chi connectivity index (χ4n) is 1.39. The van der Waals surface area contributed by atoms with Gasteiger partial charge in [0.25, 0.3) is 0 Å². The van der Waals surface area contributed by atoms with Gasteiger partial charge >= 0.3 is 5.69 Å². The van der Waals surface area contributed by atoms with Crippen LogP contribution in [0.15, 0.2) is 47.7 Å². The van der Waals surface area contributed by atoms with Crippen molar-refractivity contribution in [2.45, 2.75) is 0 Å². The fraction of sp³-hybridized carbons (Fsp3) is 0. The maximum absolute atomic E-state index is 10.7. The largest absolute Gasteiger partial charge is 0.507 e. The Balaban J connectivity index is 2.15. The number of rotatable bonds is 4. The molecule has 7 heteroatoms. The maximum atomic E-state index is 10.7. The summed E-state index contributed by atoms with van der Waals surface area (Å²) in [6.07, 6.45) is 2.78. The first-order valence-electron chi connectivity index (χ1n) is 5.35. The number of benzene rings is 1. The predicted octanol–water partition coefficient (Wildman–Crippen LogP) is 2.14. The number of hydrazone groups is 1. The Morgan fingerprint density at radius 1 is 1.32 bits per heavy atom. The number of phenols is 1. The van der Waals surface area contributed by atoms with Gasteiger partial charge in [0.2, 0.25) is 5.82 Å². The van der Waals surface area contributed by atoms with Gasteiger partial charge in [-0.3, -0.25) is 15.5 Å². The molecule has 2 N–H and O–H groups in total. The lowest BCUT2D eigenvalue weighted by molar-refractivity contribution is -0.384. The molecule has 1 aromatic heterocycles. The Morgan fingerprint density at radius 2 is 2.11 bits per heavy atom. The molecule has 19 heavy (non-hydrogen) atoms. The van der Waals surface area contributed by atoms with E-state index in [1.807, 2.05) is 0 Å². The highest BCUT2D eigenvalue weighted by atomic mass is 16.6. The third-order valence-corrected chi connectivity index (χ3v) is 2.29. The van der Waals surface area contributed by atoms with E-state index in [0.717, 1.165) is 0 Å². The minimum atomic E-state index is -0.551. The highest BCUT2D eigenvalue weighted by Gasteiger charge is 2.12. The molecule has 0 amide bonds. The van der Waals surface area contributed by atoms with E-state index in [1.165, 1.54) is 30.6 Å². The molecule has 7 nitrogen and oxygen atoms in total. The van der Waals surface area contributed by atoms with Crippen LogP contribution in [0.5, 0.6) is 5.75 Å². The number of nitrogens with one attached hydrogen (secondary N) is 1. The number of nitrogens with zero attached hydrogens (tertiary/aromatic N) is 3. The van der Waals surface area contributed by atoms with Crippen molar-refractivity contribution in [3.05, 3.63) is 58.3 Å². The number of anilines is 1. The number of nitro groups is 1. The van der Waals surface area contributed by atoms with Crippen molar-refractivity contribution in [2.75, 3.05) is 5.43 Å². The fourth-order valence-corrected chi connectivity index (χ4v) is 1.39. The van der Waals surface area contributed by atoms with Crippen LogP contribution in [-0.4, -0.2) is 21.2 Å². The lowest BCUT2D eigenvalue weighted by atomic mass is 10.2. The van der Waals surface area contributed by atoms with Crippen molar-refractivity contribution < 1.29 is 10.0 Å². The second-order valence-electron chi connectivity index (χ2n) is 3.56. The molecule has 0 unspecified atom stereocenters. The van der Waals surface area contributed by atoms with Crippen molar-refractivity contribution in [3.63, 3.8) is 0 Å². The van der Waals surface area contributed by atoms with Crippen LogP contribution in [0.3, 0.4) is 0 Å². The van der Waals surface area contributed by atoms with Gasteiger partial charge in [-0.2, -0.15) is 5.10 Å². The van der Waals surface area contributed by atoms with Gasteiger partial charge in [0.15, 0.2) is 0 Å². The highest BCUT2D eigenvalue weighted by molar-refractivity contribution is 5.83. The minimum Gasteiger partial charge on any atom is -0.507 e. The van der Waals surface area contributed by atoms with Gasteiger partial charge in [0.05, 0.1) is 11.1 Å². The van der Waals surface area contributed by atoms with Gasteiger partial charge < -0.3 is 5.11 Å². The van der Waals surface area contributed by atoms with Crippen molar-refractivity contribution in [3.8, 4) is 5.75 Å². The summed E-state index contributed by atoms with van der Waals surface area (Å²) in [4.78, 5) is 14.0. The van der Waals surface area contributed by atoms with Gasteiger partial charge in [-0.15, -0.1) is 0 Å². The van der Waals surface area contributed by atoms with Gasteiger partial charge in [0, 0.05) is 17.8 Å². The molecule has 2 aromatic rings. The van der Waals surface area contributed by atoms with Crippen LogP contribution in [0.1, 0.15) is 5.56 Å². The Hall–Kier alpha value is -2.96. The Labute approximate surface area is 108 Å². The zero-order valence-corrected chi connectivity index (χ0v) is 9.72. The Bertz CT molecular complexity index is 628. The zero-order valence-electron chi connectivity index (χ0n) is 9.72. The molecule has 0 bridgehead atoms. The third-order valence-electron chi connectivity index (χ3n) is 2.29. The van der Waals surface area contributed by atoms with Crippen LogP contribution >= 0.6 is 0 Å². The lowest BCUT2D eigenvalue weighted by Gasteiger charge is -2.00. The molecule has 0 atom stereocenters. The number of hydrogen-bond donors (Lipinski definition) is 2. The van der Waals surface area contributed by atoms with Crippen LogP contribution in [0.25, 0.3) is 0 Å². The molecular formula is C12H10N4O3. The van der Waals surface area contributed by atoms with Crippen LogP contribution in [0.2, 0.25) is 0 Å². The summed E-state index contributed by atoms with van der Waals surface area (Å²) < 4.78 is 0. The van der Waals surface area contributed by atoms with Gasteiger partial charge in [0.1, 0.15) is 5.75 Å². The summed E-state index contributed by atoms with van der Waals surface area (Å²) in [5.41, 5.74) is 2.80. The Kier molecular flexibility index (Phi) is 3.67. The molecule has 2 rings (SSSR count). The van der Waals surface area contributed by atoms with Crippen LogP contribution in [0, 0.1) is 10.1 Å². The second kappa shape index (κ2) is 5.58. The SMILES string of the molecule is O=[N+]([O-])c1cccnc1N/N=C/c1ccccc1O. The molecule has 0 saturated carbocycles. The van der Waals surface area contributed by atoms with E-state index in [-0.39, 0.29) is 17.3 Å². The van der Waals surface area contributed by atoms with Gasteiger partial charge in [-0.25, -0.2) is 4.98 Å². The average molecular weight is 258 g/mol. The minimum absolute atomic E-state index is 0.0409. The molecule has 0 aliphatic heterocycles. The van der Waals surface area contributed by atoms with E-state index < -0.39 is 4.92 Å². The average Bonchev–Trinajstić information content (AvgIpc) is 2.41.